The van der Waals surface area contributed by atoms with Gasteiger partial charge in [-0.1, -0.05) is 35.6 Å². The smallest absolute Gasteiger partial charge is 0.338 e. The number of aromatic nitrogens is 1. The Kier molecular flexibility index (Phi) is 7.74. The zero-order chi connectivity index (χ0) is 25.8. The Balaban J connectivity index is 1.84. The molecule has 0 bridgehead atoms. The van der Waals surface area contributed by atoms with Crippen LogP contribution in [-0.2, 0) is 9.53 Å². The summed E-state index contributed by atoms with van der Waals surface area (Å²) < 4.78 is 12.8. The highest BCUT2D eigenvalue weighted by atomic mass is 32.1. The summed E-state index contributed by atoms with van der Waals surface area (Å²) in [5.74, 6) is 0.221. The zero-order valence-electron chi connectivity index (χ0n) is 21.3. The number of ether oxygens (including phenoxy) is 2. The van der Waals surface area contributed by atoms with Crippen LogP contribution in [0.4, 0.5) is 5.69 Å². The molecule has 1 atom stereocenters. The van der Waals surface area contributed by atoms with Crippen molar-refractivity contribution in [2.45, 2.75) is 33.7 Å². The minimum absolute atomic E-state index is 0.193. The van der Waals surface area contributed by atoms with Crippen LogP contribution < -0.4 is 24.5 Å². The topological polar surface area (TPSA) is 73.1 Å². The van der Waals surface area contributed by atoms with Gasteiger partial charge in [-0.05, 0) is 69.2 Å². The molecule has 2 aromatic carbocycles. The third-order valence-electron chi connectivity index (χ3n) is 6.27. The number of carbonyl (C=O) groups excluding carboxylic acids is 1. The maximum atomic E-state index is 13.7. The van der Waals surface area contributed by atoms with E-state index < -0.39 is 12.0 Å². The van der Waals surface area contributed by atoms with Crippen LogP contribution in [0.25, 0.3) is 6.08 Å². The van der Waals surface area contributed by atoms with E-state index >= 15 is 0 Å². The molecule has 36 heavy (non-hydrogen) atoms. The normalized spacial score (nSPS) is 15.4. The van der Waals surface area contributed by atoms with E-state index in [4.69, 9.17) is 9.47 Å². The minimum atomic E-state index is -0.640. The number of benzene rings is 2. The Morgan fingerprint density at radius 1 is 1.08 bits per heavy atom. The number of rotatable bonds is 8. The summed E-state index contributed by atoms with van der Waals surface area (Å²) in [4.78, 5) is 34.1. The van der Waals surface area contributed by atoms with Gasteiger partial charge in [0.2, 0.25) is 0 Å². The molecule has 1 aliphatic heterocycles. The van der Waals surface area contributed by atoms with E-state index in [0.717, 1.165) is 29.9 Å². The Labute approximate surface area is 214 Å². The van der Waals surface area contributed by atoms with Crippen LogP contribution in [-0.4, -0.2) is 37.3 Å². The van der Waals surface area contributed by atoms with Crippen molar-refractivity contribution in [3.05, 3.63) is 90.6 Å². The SMILES string of the molecule is CCOC(=O)C1=C(C)N=c2s/c(=C\c3ccc(N(CC)CC)cc3)c(=O)n2C1c1ccc(OC)cc1. The first-order valence-electron chi connectivity index (χ1n) is 12.1. The number of thiazole rings is 1. The van der Waals surface area contributed by atoms with E-state index in [1.807, 2.05) is 42.5 Å². The molecule has 0 radical (unpaired) electrons. The van der Waals surface area contributed by atoms with Crippen molar-refractivity contribution in [2.24, 2.45) is 4.99 Å². The molecular formula is C28H31N3O4S. The van der Waals surface area contributed by atoms with E-state index in [-0.39, 0.29) is 12.2 Å². The fourth-order valence-electron chi connectivity index (χ4n) is 4.41. The van der Waals surface area contributed by atoms with Gasteiger partial charge in [0.25, 0.3) is 5.56 Å². The molecule has 0 saturated heterocycles. The van der Waals surface area contributed by atoms with Gasteiger partial charge in [0.15, 0.2) is 4.80 Å². The minimum Gasteiger partial charge on any atom is -0.497 e. The molecule has 2 heterocycles. The number of carbonyl (C=O) groups is 1. The van der Waals surface area contributed by atoms with E-state index in [1.165, 1.54) is 11.3 Å². The zero-order valence-corrected chi connectivity index (χ0v) is 22.1. The molecular weight excluding hydrogens is 474 g/mol. The van der Waals surface area contributed by atoms with E-state index in [2.05, 4.69) is 35.9 Å². The lowest BCUT2D eigenvalue weighted by atomic mass is 9.96. The summed E-state index contributed by atoms with van der Waals surface area (Å²) >= 11 is 1.32. The van der Waals surface area contributed by atoms with Gasteiger partial charge in [0, 0.05) is 18.8 Å². The van der Waals surface area contributed by atoms with Crippen LogP contribution in [0.3, 0.4) is 0 Å². The van der Waals surface area contributed by atoms with Crippen molar-refractivity contribution in [3.63, 3.8) is 0 Å². The standard InChI is InChI=1S/C28H31N3O4S/c1-6-30(7-2)21-13-9-19(10-14-21)17-23-26(32)31-25(20-11-15-22(34-5)16-12-20)24(27(33)35-8-3)18(4)29-28(31)36-23/h9-17,25H,6-8H2,1-5H3/b23-17-. The van der Waals surface area contributed by atoms with Crippen LogP contribution in [0.5, 0.6) is 5.75 Å². The monoisotopic (exact) mass is 505 g/mol. The molecule has 4 rings (SSSR count). The number of anilines is 1. The summed E-state index contributed by atoms with van der Waals surface area (Å²) in [7, 11) is 1.60. The fourth-order valence-corrected chi connectivity index (χ4v) is 5.46. The maximum Gasteiger partial charge on any atom is 0.338 e. The number of hydrogen-bond donors (Lipinski definition) is 0. The summed E-state index contributed by atoms with van der Waals surface area (Å²) in [6.45, 7) is 9.90. The van der Waals surface area contributed by atoms with Crippen molar-refractivity contribution >= 4 is 29.1 Å². The number of nitrogens with zero attached hydrogens (tertiary/aromatic N) is 3. The Morgan fingerprint density at radius 2 is 1.75 bits per heavy atom. The molecule has 8 heteroatoms. The van der Waals surface area contributed by atoms with Gasteiger partial charge >= 0.3 is 5.97 Å². The van der Waals surface area contributed by atoms with Crippen molar-refractivity contribution in [1.29, 1.82) is 0 Å². The molecule has 0 fully saturated rings. The van der Waals surface area contributed by atoms with Crippen LogP contribution in [0.2, 0.25) is 0 Å². The van der Waals surface area contributed by atoms with Crippen LogP contribution >= 0.6 is 11.3 Å². The third kappa shape index (κ3) is 4.86. The average molecular weight is 506 g/mol. The van der Waals surface area contributed by atoms with Gasteiger partial charge in [-0.3, -0.25) is 9.36 Å². The highest BCUT2D eigenvalue weighted by Crippen LogP contribution is 2.31. The number of methoxy groups -OCH3 is 1. The van der Waals surface area contributed by atoms with Crippen LogP contribution in [0, 0.1) is 0 Å². The summed E-state index contributed by atoms with van der Waals surface area (Å²) in [6, 6.07) is 14.9. The number of hydrogen-bond acceptors (Lipinski definition) is 7. The first-order chi connectivity index (χ1) is 17.4. The van der Waals surface area contributed by atoms with Gasteiger partial charge in [-0.2, -0.15) is 0 Å². The molecule has 7 nitrogen and oxygen atoms in total. The molecule has 0 spiro atoms. The predicted molar refractivity (Wildman–Crippen MR) is 143 cm³/mol. The van der Waals surface area contributed by atoms with Crippen molar-refractivity contribution in [2.75, 3.05) is 31.7 Å². The molecule has 0 aliphatic carbocycles. The first kappa shape index (κ1) is 25.4. The second kappa shape index (κ2) is 11.0. The molecule has 0 amide bonds. The highest BCUT2D eigenvalue weighted by molar-refractivity contribution is 7.07. The van der Waals surface area contributed by atoms with Gasteiger partial charge in [0.05, 0.1) is 35.6 Å². The van der Waals surface area contributed by atoms with Crippen LogP contribution in [0.15, 0.2) is 69.6 Å². The Morgan fingerprint density at radius 3 is 2.33 bits per heavy atom. The second-order valence-corrected chi connectivity index (χ2v) is 9.35. The number of esters is 1. The molecule has 188 valence electrons. The lowest BCUT2D eigenvalue weighted by Gasteiger charge is -2.24. The Bertz CT molecular complexity index is 1450. The molecule has 3 aromatic rings. The maximum absolute atomic E-state index is 13.7. The largest absolute Gasteiger partial charge is 0.497 e. The fraction of sp³-hybridized carbons (Fsp3) is 0.321. The molecule has 1 aliphatic rings. The molecule has 0 saturated carbocycles. The second-order valence-electron chi connectivity index (χ2n) is 8.34. The lowest BCUT2D eigenvalue weighted by molar-refractivity contribution is -0.139. The quantitative estimate of drug-likeness (QED) is 0.437. The van der Waals surface area contributed by atoms with Crippen molar-refractivity contribution in [3.8, 4) is 5.75 Å². The summed E-state index contributed by atoms with van der Waals surface area (Å²) in [5.41, 5.74) is 3.58. The van der Waals surface area contributed by atoms with E-state index in [1.54, 1.807) is 25.5 Å². The summed E-state index contributed by atoms with van der Waals surface area (Å²) in [6.07, 6.45) is 1.88. The first-order valence-corrected chi connectivity index (χ1v) is 12.9. The predicted octanol–water partition coefficient (Wildman–Crippen LogP) is 3.65. The number of fused-ring (bicyclic) bond motifs is 1. The van der Waals surface area contributed by atoms with Crippen molar-refractivity contribution < 1.29 is 14.3 Å². The van der Waals surface area contributed by atoms with Gasteiger partial charge in [0.1, 0.15) is 5.75 Å². The van der Waals surface area contributed by atoms with E-state index in [9.17, 15) is 9.59 Å². The number of allylic oxidation sites excluding steroid dienone is 1. The molecule has 1 aromatic heterocycles. The Hall–Kier alpha value is -3.65. The molecule has 1 unspecified atom stereocenters. The average Bonchev–Trinajstić information content (AvgIpc) is 3.19. The third-order valence-corrected chi connectivity index (χ3v) is 7.25. The van der Waals surface area contributed by atoms with E-state index in [0.29, 0.717) is 26.4 Å². The van der Waals surface area contributed by atoms with Gasteiger partial charge in [-0.15, -0.1) is 0 Å². The van der Waals surface area contributed by atoms with Crippen molar-refractivity contribution in [1.82, 2.24) is 4.57 Å². The van der Waals surface area contributed by atoms with Gasteiger partial charge in [-0.25, -0.2) is 9.79 Å². The molecule has 0 N–H and O–H groups in total. The highest BCUT2D eigenvalue weighted by Gasteiger charge is 2.33. The van der Waals surface area contributed by atoms with Crippen LogP contribution in [0.1, 0.15) is 44.9 Å². The lowest BCUT2D eigenvalue weighted by Crippen LogP contribution is -2.39. The van der Waals surface area contributed by atoms with Gasteiger partial charge < -0.3 is 14.4 Å². The summed E-state index contributed by atoms with van der Waals surface area (Å²) in [5, 5.41) is 0.